The first-order valence-electron chi connectivity index (χ1n) is 8.66. The molecule has 8 heteroatoms. The fraction of sp³-hybridized carbons (Fsp3) is 0.100. The Labute approximate surface area is 160 Å². The van der Waals surface area contributed by atoms with Gasteiger partial charge in [-0.25, -0.2) is 4.98 Å². The summed E-state index contributed by atoms with van der Waals surface area (Å²) in [5.74, 6) is 0.292. The first-order chi connectivity index (χ1) is 13.6. The van der Waals surface area contributed by atoms with Gasteiger partial charge in [0.2, 0.25) is 0 Å². The molecular formula is C20H18N6O2. The molecule has 0 radical (unpaired) electrons. The summed E-state index contributed by atoms with van der Waals surface area (Å²) in [6.45, 7) is 0.322. The van der Waals surface area contributed by atoms with Gasteiger partial charge in [0.05, 0.1) is 30.0 Å². The third-order valence-electron chi connectivity index (χ3n) is 4.57. The third kappa shape index (κ3) is 3.11. The standard InChI is InChI=1S/C20H18N6O2/c1-22-19(27)14-4-2-3-12(7-14)10-26-11-23-17-8-13(5-6-15(17)20(26)28)16-9-24-25-18(16)21/h2-9,11H,10H2,1H3,(H,22,27)(H3,21,24,25). The van der Waals surface area contributed by atoms with Crippen molar-refractivity contribution in [2.24, 2.45) is 0 Å². The zero-order valence-electron chi connectivity index (χ0n) is 15.1. The number of anilines is 1. The third-order valence-corrected chi connectivity index (χ3v) is 4.57. The van der Waals surface area contributed by atoms with Gasteiger partial charge >= 0.3 is 0 Å². The maximum atomic E-state index is 12.9. The second kappa shape index (κ2) is 6.99. The van der Waals surface area contributed by atoms with Crippen molar-refractivity contribution in [3.8, 4) is 11.1 Å². The fourth-order valence-electron chi connectivity index (χ4n) is 3.12. The molecule has 2 aromatic heterocycles. The van der Waals surface area contributed by atoms with E-state index in [2.05, 4.69) is 20.5 Å². The van der Waals surface area contributed by atoms with E-state index in [1.165, 1.54) is 10.9 Å². The minimum Gasteiger partial charge on any atom is -0.384 e. The van der Waals surface area contributed by atoms with Crippen LogP contribution in [0.3, 0.4) is 0 Å². The highest BCUT2D eigenvalue weighted by molar-refractivity contribution is 5.94. The van der Waals surface area contributed by atoms with E-state index >= 15 is 0 Å². The summed E-state index contributed by atoms with van der Waals surface area (Å²) in [4.78, 5) is 29.1. The molecule has 4 aromatic rings. The van der Waals surface area contributed by atoms with E-state index in [1.807, 2.05) is 18.2 Å². The van der Waals surface area contributed by atoms with Crippen LogP contribution in [0.2, 0.25) is 0 Å². The van der Waals surface area contributed by atoms with Crippen molar-refractivity contribution in [1.82, 2.24) is 25.1 Å². The van der Waals surface area contributed by atoms with E-state index < -0.39 is 0 Å². The zero-order valence-corrected chi connectivity index (χ0v) is 15.1. The number of rotatable bonds is 4. The zero-order chi connectivity index (χ0) is 19.7. The number of amides is 1. The number of nitrogens with one attached hydrogen (secondary N) is 2. The number of carbonyl (C=O) groups is 1. The van der Waals surface area contributed by atoms with E-state index in [0.717, 1.165) is 16.7 Å². The summed E-state index contributed by atoms with van der Waals surface area (Å²) in [7, 11) is 1.58. The van der Waals surface area contributed by atoms with Gasteiger partial charge in [0.1, 0.15) is 5.82 Å². The minimum absolute atomic E-state index is 0.151. The number of carbonyl (C=O) groups excluding carboxylic acids is 1. The quantitative estimate of drug-likeness (QED) is 0.503. The molecule has 0 bridgehead atoms. The molecule has 8 nitrogen and oxygen atoms in total. The van der Waals surface area contributed by atoms with Gasteiger partial charge in [0.15, 0.2) is 0 Å². The molecule has 0 saturated carbocycles. The van der Waals surface area contributed by atoms with Crippen LogP contribution in [0.5, 0.6) is 0 Å². The molecular weight excluding hydrogens is 356 g/mol. The van der Waals surface area contributed by atoms with Gasteiger partial charge in [-0.3, -0.25) is 19.3 Å². The first-order valence-corrected chi connectivity index (χ1v) is 8.66. The van der Waals surface area contributed by atoms with Crippen molar-refractivity contribution in [3.05, 3.63) is 76.5 Å². The molecule has 0 fully saturated rings. The van der Waals surface area contributed by atoms with Crippen LogP contribution in [0, 0.1) is 0 Å². The van der Waals surface area contributed by atoms with Crippen LogP contribution < -0.4 is 16.6 Å². The van der Waals surface area contributed by atoms with Crippen molar-refractivity contribution in [2.75, 3.05) is 12.8 Å². The second-order valence-corrected chi connectivity index (χ2v) is 6.39. The summed E-state index contributed by atoms with van der Waals surface area (Å²) in [5.41, 5.74) is 9.28. The molecule has 2 aromatic carbocycles. The first kappa shape index (κ1) is 17.5. The smallest absolute Gasteiger partial charge is 0.261 e. The van der Waals surface area contributed by atoms with E-state index in [9.17, 15) is 9.59 Å². The molecule has 0 saturated heterocycles. The second-order valence-electron chi connectivity index (χ2n) is 6.39. The lowest BCUT2D eigenvalue weighted by atomic mass is 10.1. The van der Waals surface area contributed by atoms with Gasteiger partial charge in [-0.2, -0.15) is 5.10 Å². The number of nitrogens with two attached hydrogens (primary N) is 1. The lowest BCUT2D eigenvalue weighted by molar-refractivity contribution is 0.0963. The molecule has 0 aliphatic carbocycles. The van der Waals surface area contributed by atoms with Gasteiger partial charge in [0, 0.05) is 18.2 Å². The van der Waals surface area contributed by atoms with Crippen molar-refractivity contribution in [1.29, 1.82) is 0 Å². The largest absolute Gasteiger partial charge is 0.384 e. The van der Waals surface area contributed by atoms with Crippen LogP contribution in [0.15, 0.2) is 59.8 Å². The number of aromatic amines is 1. The predicted octanol–water partition coefficient (Wildman–Crippen LogP) is 1.78. The number of H-pyrrole nitrogens is 1. The summed E-state index contributed by atoms with van der Waals surface area (Å²) in [6.07, 6.45) is 3.15. The monoisotopic (exact) mass is 374 g/mol. The average Bonchev–Trinajstić information content (AvgIpc) is 3.15. The highest BCUT2D eigenvalue weighted by Gasteiger charge is 2.10. The summed E-state index contributed by atoms with van der Waals surface area (Å²) in [6, 6.07) is 12.5. The summed E-state index contributed by atoms with van der Waals surface area (Å²) in [5, 5.41) is 9.71. The molecule has 0 unspecified atom stereocenters. The molecule has 140 valence electrons. The van der Waals surface area contributed by atoms with Gasteiger partial charge in [-0.15, -0.1) is 0 Å². The van der Waals surface area contributed by atoms with Gasteiger partial charge in [-0.05, 0) is 35.4 Å². The Balaban J connectivity index is 1.70. The molecule has 1 amide bonds. The lowest BCUT2D eigenvalue weighted by Gasteiger charge is -2.09. The Bertz CT molecular complexity index is 1240. The number of benzene rings is 2. The van der Waals surface area contributed by atoms with Crippen molar-refractivity contribution >= 4 is 22.6 Å². The number of nitrogens with zero attached hydrogens (tertiary/aromatic N) is 3. The number of fused-ring (bicyclic) bond motifs is 1. The van der Waals surface area contributed by atoms with Gasteiger partial charge in [0.25, 0.3) is 11.5 Å². The maximum Gasteiger partial charge on any atom is 0.261 e. The van der Waals surface area contributed by atoms with Crippen molar-refractivity contribution in [2.45, 2.75) is 6.54 Å². The van der Waals surface area contributed by atoms with E-state index in [-0.39, 0.29) is 11.5 Å². The SMILES string of the molecule is CNC(=O)c1cccc(Cn2cnc3cc(-c4cn[nH]c4N)ccc3c2=O)c1. The molecule has 0 aliphatic rings. The summed E-state index contributed by atoms with van der Waals surface area (Å²) < 4.78 is 1.52. The average molecular weight is 374 g/mol. The topological polar surface area (TPSA) is 119 Å². The Morgan fingerprint density at radius 2 is 2.11 bits per heavy atom. The van der Waals surface area contributed by atoms with E-state index in [1.54, 1.807) is 37.5 Å². The van der Waals surface area contributed by atoms with Crippen LogP contribution in [0.1, 0.15) is 15.9 Å². The number of hydrogen-bond donors (Lipinski definition) is 3. The van der Waals surface area contributed by atoms with Gasteiger partial charge < -0.3 is 11.1 Å². The van der Waals surface area contributed by atoms with Crippen LogP contribution in [-0.2, 0) is 6.54 Å². The van der Waals surface area contributed by atoms with E-state index in [4.69, 9.17) is 5.73 Å². The van der Waals surface area contributed by atoms with Crippen LogP contribution in [0.25, 0.3) is 22.0 Å². The molecule has 2 heterocycles. The Morgan fingerprint density at radius 1 is 1.25 bits per heavy atom. The number of aromatic nitrogens is 4. The Kier molecular flexibility index (Phi) is 4.36. The fourth-order valence-corrected chi connectivity index (χ4v) is 3.12. The van der Waals surface area contributed by atoms with Gasteiger partial charge in [-0.1, -0.05) is 18.2 Å². The molecule has 4 rings (SSSR count). The van der Waals surface area contributed by atoms with Crippen LogP contribution in [0.4, 0.5) is 5.82 Å². The summed E-state index contributed by atoms with van der Waals surface area (Å²) >= 11 is 0. The lowest BCUT2D eigenvalue weighted by Crippen LogP contribution is -2.22. The Hall–Kier alpha value is -3.94. The minimum atomic E-state index is -0.170. The maximum absolute atomic E-state index is 12.9. The van der Waals surface area contributed by atoms with Crippen LogP contribution >= 0.6 is 0 Å². The predicted molar refractivity (Wildman–Crippen MR) is 107 cm³/mol. The number of hydrogen-bond acceptors (Lipinski definition) is 5. The molecule has 4 N–H and O–H groups in total. The van der Waals surface area contributed by atoms with E-state index in [0.29, 0.717) is 28.8 Å². The number of nitrogen functional groups attached to an aromatic ring is 1. The molecule has 0 atom stereocenters. The molecule has 0 spiro atoms. The van der Waals surface area contributed by atoms with Crippen molar-refractivity contribution in [3.63, 3.8) is 0 Å². The van der Waals surface area contributed by atoms with Crippen molar-refractivity contribution < 1.29 is 4.79 Å². The van der Waals surface area contributed by atoms with Crippen LogP contribution in [-0.4, -0.2) is 32.7 Å². The highest BCUT2D eigenvalue weighted by atomic mass is 16.1. The molecule has 28 heavy (non-hydrogen) atoms. The normalized spacial score (nSPS) is 10.9. The Morgan fingerprint density at radius 3 is 2.86 bits per heavy atom. The highest BCUT2D eigenvalue weighted by Crippen LogP contribution is 2.25. The molecule has 0 aliphatic heterocycles.